The Kier molecular flexibility index (Phi) is 8.32. The first-order valence-corrected chi connectivity index (χ1v) is 22.9. The van der Waals surface area contributed by atoms with Crippen LogP contribution in [0.4, 0.5) is 0 Å². The van der Waals surface area contributed by atoms with Crippen LogP contribution in [0.15, 0.2) is 212 Å². The number of fused-ring (bicyclic) bond motifs is 8. The molecule has 1 aromatic heterocycles. The van der Waals surface area contributed by atoms with Gasteiger partial charge < -0.3 is 0 Å². The lowest BCUT2D eigenvalue weighted by molar-refractivity contribution is 0.989. The van der Waals surface area contributed by atoms with Crippen molar-refractivity contribution >= 4 is 80.7 Å². The molecule has 0 bridgehead atoms. The van der Waals surface area contributed by atoms with Crippen molar-refractivity contribution in [2.75, 3.05) is 0 Å². The van der Waals surface area contributed by atoms with Crippen LogP contribution >= 0.6 is 11.3 Å². The van der Waals surface area contributed by atoms with Crippen molar-refractivity contribution in [1.29, 1.82) is 0 Å². The summed E-state index contributed by atoms with van der Waals surface area (Å²) in [7, 11) is 0. The fourth-order valence-electron chi connectivity index (χ4n) is 11.0. The number of allylic oxidation sites excluding steroid dienone is 1. The Morgan fingerprint density at radius 1 is 0.317 bits per heavy atom. The van der Waals surface area contributed by atoms with Crippen LogP contribution in [-0.2, 0) is 6.42 Å². The van der Waals surface area contributed by atoms with Gasteiger partial charge in [0.1, 0.15) is 0 Å². The van der Waals surface area contributed by atoms with E-state index in [2.05, 4.69) is 218 Å². The maximum absolute atomic E-state index is 2.41. The summed E-state index contributed by atoms with van der Waals surface area (Å²) in [5.74, 6) is 0. The Morgan fingerprint density at radius 2 is 0.762 bits per heavy atom. The quantitative estimate of drug-likeness (QED) is 0.152. The summed E-state index contributed by atoms with van der Waals surface area (Å²) in [6, 6.07) is 76.8. The third-order valence-electron chi connectivity index (χ3n) is 13.5. The lowest BCUT2D eigenvalue weighted by atomic mass is 9.80. The van der Waals surface area contributed by atoms with Gasteiger partial charge in [0.2, 0.25) is 0 Å². The van der Waals surface area contributed by atoms with E-state index >= 15 is 0 Å². The van der Waals surface area contributed by atoms with Gasteiger partial charge in [0, 0.05) is 25.7 Å². The van der Waals surface area contributed by atoms with Gasteiger partial charge in [-0.25, -0.2) is 0 Å². The van der Waals surface area contributed by atoms with Gasteiger partial charge in [-0.05, 0) is 123 Å². The predicted molar refractivity (Wildman–Crippen MR) is 274 cm³/mol. The third kappa shape index (κ3) is 5.53. The van der Waals surface area contributed by atoms with Gasteiger partial charge in [-0.1, -0.05) is 212 Å². The minimum atomic E-state index is 1.02. The molecule has 63 heavy (non-hydrogen) atoms. The predicted octanol–water partition coefficient (Wildman–Crippen LogP) is 18.0. The molecule has 1 aliphatic rings. The number of hydrogen-bond acceptors (Lipinski definition) is 1. The lowest BCUT2D eigenvalue weighted by Crippen LogP contribution is -2.01. The van der Waals surface area contributed by atoms with Crippen LogP contribution in [0.1, 0.15) is 17.5 Å². The number of benzene rings is 11. The van der Waals surface area contributed by atoms with Gasteiger partial charge in [-0.2, -0.15) is 0 Å². The molecule has 1 aliphatic carbocycles. The molecular weight excluding hydrogens is 777 g/mol. The molecule has 12 aromatic rings. The van der Waals surface area contributed by atoms with Crippen molar-refractivity contribution < 1.29 is 0 Å². The van der Waals surface area contributed by atoms with Crippen LogP contribution < -0.4 is 0 Å². The highest BCUT2D eigenvalue weighted by atomic mass is 32.1. The minimum Gasteiger partial charge on any atom is -0.135 e. The molecule has 0 radical (unpaired) electrons. The zero-order valence-electron chi connectivity index (χ0n) is 34.6. The normalized spacial score (nSPS) is 12.6. The highest BCUT2D eigenvalue weighted by Crippen LogP contribution is 2.52. The topological polar surface area (TPSA) is 0 Å². The van der Waals surface area contributed by atoms with Crippen LogP contribution in [0.25, 0.3) is 125 Å². The standard InChI is InChI=1S/C62H40S/c1-3-19-39(20-4-1)41-37-38-52(43-24-8-7-23-42(41)43)58-48-29-13-15-31-50(48)59(51-32-16-14-30-49(51)58)53-33-18-36-56-61(53)55-35-17-34-54(62(55)63-56)60-46-27-11-9-25-44(46)57(40-21-5-2-6-22-40)45-26-10-12-28-47(45)60/h1-7,9-23,25-38H,8,24H2. The molecule has 13 rings (SSSR count). The second kappa shape index (κ2) is 14.5. The maximum atomic E-state index is 2.41. The van der Waals surface area contributed by atoms with Crippen LogP contribution in [-0.4, -0.2) is 0 Å². The van der Waals surface area contributed by atoms with Crippen LogP contribution in [0.2, 0.25) is 0 Å². The van der Waals surface area contributed by atoms with Crippen molar-refractivity contribution in [2.45, 2.75) is 12.8 Å². The Morgan fingerprint density at radius 3 is 1.35 bits per heavy atom. The van der Waals surface area contributed by atoms with Crippen LogP contribution in [0.3, 0.4) is 0 Å². The summed E-state index contributed by atoms with van der Waals surface area (Å²) in [5.41, 5.74) is 15.8. The average molecular weight is 817 g/mol. The summed E-state index contributed by atoms with van der Waals surface area (Å²) in [5, 5.41) is 12.9. The van der Waals surface area contributed by atoms with Crippen molar-refractivity contribution in [2.24, 2.45) is 0 Å². The first-order valence-electron chi connectivity index (χ1n) is 22.1. The SMILES string of the molecule is C1=Cc2c(-c3ccccc3)ccc(-c3c4ccccc4c(-c4cccc5sc6c(-c7c8ccccc8c(-c8ccccc8)c8ccccc78)cccc6c45)c4ccccc34)c2CC1. The van der Waals surface area contributed by atoms with Crippen molar-refractivity contribution in [3.63, 3.8) is 0 Å². The molecule has 0 aliphatic heterocycles. The Balaban J connectivity index is 1.08. The molecule has 0 saturated carbocycles. The zero-order chi connectivity index (χ0) is 41.4. The van der Waals surface area contributed by atoms with E-state index in [9.17, 15) is 0 Å². The van der Waals surface area contributed by atoms with E-state index in [1.54, 1.807) is 0 Å². The van der Waals surface area contributed by atoms with Gasteiger partial charge >= 0.3 is 0 Å². The number of thiophene rings is 1. The average Bonchev–Trinajstić information content (AvgIpc) is 3.75. The van der Waals surface area contributed by atoms with E-state index in [-0.39, 0.29) is 0 Å². The molecule has 0 nitrogen and oxygen atoms in total. The van der Waals surface area contributed by atoms with E-state index in [4.69, 9.17) is 0 Å². The van der Waals surface area contributed by atoms with Crippen LogP contribution in [0.5, 0.6) is 0 Å². The van der Waals surface area contributed by atoms with Crippen molar-refractivity contribution in [3.05, 3.63) is 223 Å². The number of rotatable bonds is 5. The Hall–Kier alpha value is -7.58. The van der Waals surface area contributed by atoms with E-state index in [0.29, 0.717) is 0 Å². The van der Waals surface area contributed by atoms with Crippen LogP contribution in [0, 0.1) is 0 Å². The molecule has 0 atom stereocenters. The van der Waals surface area contributed by atoms with E-state index in [0.717, 1.165) is 12.8 Å². The van der Waals surface area contributed by atoms with E-state index in [1.165, 1.54) is 130 Å². The molecule has 0 amide bonds. The van der Waals surface area contributed by atoms with Gasteiger partial charge in [-0.3, -0.25) is 0 Å². The molecule has 0 unspecified atom stereocenters. The molecular formula is C62H40S. The smallest absolute Gasteiger partial charge is 0.0434 e. The van der Waals surface area contributed by atoms with Gasteiger partial charge in [0.05, 0.1) is 0 Å². The van der Waals surface area contributed by atoms with Gasteiger partial charge in [0.25, 0.3) is 0 Å². The summed E-state index contributed by atoms with van der Waals surface area (Å²) in [6.45, 7) is 0. The van der Waals surface area contributed by atoms with Gasteiger partial charge in [0.15, 0.2) is 0 Å². The lowest BCUT2D eigenvalue weighted by Gasteiger charge is -2.23. The zero-order valence-corrected chi connectivity index (χ0v) is 35.4. The molecule has 0 fully saturated rings. The number of hydrogen-bond donors (Lipinski definition) is 0. The molecule has 1 heteroatoms. The van der Waals surface area contributed by atoms with Crippen molar-refractivity contribution in [3.8, 4) is 55.6 Å². The molecule has 0 N–H and O–H groups in total. The molecule has 294 valence electrons. The highest BCUT2D eigenvalue weighted by molar-refractivity contribution is 7.26. The largest absolute Gasteiger partial charge is 0.135 e. The minimum absolute atomic E-state index is 1.02. The fraction of sp³-hybridized carbons (Fsp3) is 0.0323. The summed E-state index contributed by atoms with van der Waals surface area (Å²) in [6.07, 6.45) is 6.78. The first-order chi connectivity index (χ1) is 31.3. The summed E-state index contributed by atoms with van der Waals surface area (Å²) < 4.78 is 2.63. The second-order valence-electron chi connectivity index (χ2n) is 16.9. The summed E-state index contributed by atoms with van der Waals surface area (Å²) >= 11 is 1.93. The molecule has 11 aromatic carbocycles. The maximum Gasteiger partial charge on any atom is 0.0434 e. The van der Waals surface area contributed by atoms with E-state index < -0.39 is 0 Å². The monoisotopic (exact) mass is 816 g/mol. The molecule has 0 spiro atoms. The summed E-state index contributed by atoms with van der Waals surface area (Å²) in [4.78, 5) is 0. The second-order valence-corrected chi connectivity index (χ2v) is 17.9. The Labute approximate surface area is 370 Å². The first kappa shape index (κ1) is 36.1. The highest BCUT2D eigenvalue weighted by Gasteiger charge is 2.25. The fourth-order valence-corrected chi connectivity index (χ4v) is 12.2. The van der Waals surface area contributed by atoms with E-state index in [1.807, 2.05) is 11.3 Å². The van der Waals surface area contributed by atoms with Crippen molar-refractivity contribution in [1.82, 2.24) is 0 Å². The Bertz CT molecular complexity index is 3720. The molecule has 0 saturated heterocycles. The third-order valence-corrected chi connectivity index (χ3v) is 14.7. The van der Waals surface area contributed by atoms with Gasteiger partial charge in [-0.15, -0.1) is 11.3 Å². The molecule has 1 heterocycles.